The Balaban J connectivity index is 1.82. The van der Waals surface area contributed by atoms with Crippen molar-refractivity contribution in [3.05, 3.63) is 11.8 Å². The van der Waals surface area contributed by atoms with Gasteiger partial charge in [0, 0.05) is 0 Å². The van der Waals surface area contributed by atoms with Crippen LogP contribution >= 0.6 is 0 Å². The fraction of sp³-hybridized carbons (Fsp3) is 0.692. The van der Waals surface area contributed by atoms with Gasteiger partial charge < -0.3 is 30.6 Å². The first-order valence-corrected chi connectivity index (χ1v) is 7.48. The fourth-order valence-corrected chi connectivity index (χ4v) is 2.28. The highest BCUT2D eigenvalue weighted by Gasteiger charge is 2.25. The second kappa shape index (κ2) is 7.88. The molecule has 0 spiro atoms. The van der Waals surface area contributed by atoms with E-state index in [0.717, 1.165) is 25.8 Å². The summed E-state index contributed by atoms with van der Waals surface area (Å²) in [5.41, 5.74) is 0. The molecule has 2 amide bonds. The normalized spacial score (nSPS) is 20.5. The van der Waals surface area contributed by atoms with Gasteiger partial charge in [-0.2, -0.15) is 0 Å². The van der Waals surface area contributed by atoms with Gasteiger partial charge in [-0.1, -0.05) is 6.42 Å². The lowest BCUT2D eigenvalue weighted by Gasteiger charge is -2.19. The van der Waals surface area contributed by atoms with Crippen LogP contribution < -0.4 is 16.0 Å². The van der Waals surface area contributed by atoms with E-state index < -0.39 is 24.1 Å². The van der Waals surface area contributed by atoms with Gasteiger partial charge in [0.1, 0.15) is 0 Å². The van der Waals surface area contributed by atoms with Crippen LogP contribution in [-0.4, -0.2) is 51.1 Å². The third-order valence-electron chi connectivity index (χ3n) is 3.53. The molecular weight excluding hydrogens is 306 g/mol. The van der Waals surface area contributed by atoms with Gasteiger partial charge in [0.2, 0.25) is 11.8 Å². The molecule has 1 aromatic heterocycles. The molecule has 0 aromatic carbocycles. The van der Waals surface area contributed by atoms with Gasteiger partial charge >= 0.3 is 12.0 Å². The van der Waals surface area contributed by atoms with E-state index in [1.54, 1.807) is 0 Å². The first-order valence-electron chi connectivity index (χ1n) is 7.48. The summed E-state index contributed by atoms with van der Waals surface area (Å²) in [5, 5.41) is 33.8. The van der Waals surface area contributed by atoms with Crippen LogP contribution in [0.5, 0.6) is 0 Å². The second-order valence-corrected chi connectivity index (χ2v) is 5.42. The zero-order valence-corrected chi connectivity index (χ0v) is 12.8. The maximum absolute atomic E-state index is 11.6. The number of piperidine rings is 1. The lowest BCUT2D eigenvalue weighted by Crippen LogP contribution is -2.51. The number of urea groups is 1. The van der Waals surface area contributed by atoms with Crippen LogP contribution in [0.25, 0.3) is 0 Å². The summed E-state index contributed by atoms with van der Waals surface area (Å²) in [6.07, 6.45) is 1.91. The number of carboxylic acids is 1. The van der Waals surface area contributed by atoms with Crippen molar-refractivity contribution in [2.45, 2.75) is 50.9 Å². The molecule has 10 nitrogen and oxygen atoms in total. The Morgan fingerprint density at radius 2 is 2.22 bits per heavy atom. The van der Waals surface area contributed by atoms with E-state index in [4.69, 9.17) is 9.52 Å². The number of nitrogens with one attached hydrogen (secondary N) is 3. The fourth-order valence-electron chi connectivity index (χ4n) is 2.28. The number of aromatic nitrogens is 2. The van der Waals surface area contributed by atoms with Crippen molar-refractivity contribution in [2.24, 2.45) is 0 Å². The Morgan fingerprint density at radius 1 is 1.43 bits per heavy atom. The number of carbonyl (C=O) groups excluding carboxylic acids is 1. The van der Waals surface area contributed by atoms with Crippen LogP contribution in [0.15, 0.2) is 4.42 Å². The Morgan fingerprint density at radius 3 is 2.83 bits per heavy atom. The van der Waals surface area contributed by atoms with Crippen molar-refractivity contribution in [2.75, 3.05) is 6.54 Å². The Labute approximate surface area is 132 Å². The minimum absolute atomic E-state index is 0.0301. The highest BCUT2D eigenvalue weighted by atomic mass is 16.4. The number of nitrogens with zero attached hydrogens (tertiary/aromatic N) is 2. The molecule has 1 fully saturated rings. The number of carboxylic acid groups (broad SMARTS) is 1. The largest absolute Gasteiger partial charge is 0.480 e. The number of aliphatic carboxylic acids is 1. The summed E-state index contributed by atoms with van der Waals surface area (Å²) in [6, 6.07) is -2.10. The van der Waals surface area contributed by atoms with E-state index in [-0.39, 0.29) is 18.5 Å². The van der Waals surface area contributed by atoms with Gasteiger partial charge in [0.15, 0.2) is 6.04 Å². The van der Waals surface area contributed by atoms with Gasteiger partial charge in [-0.15, -0.1) is 10.2 Å². The molecule has 0 radical (unpaired) electrons. The molecule has 0 aliphatic carbocycles. The smallest absolute Gasteiger partial charge is 0.328 e. The molecule has 1 aromatic rings. The van der Waals surface area contributed by atoms with Crippen LogP contribution in [0, 0.1) is 0 Å². The lowest BCUT2D eigenvalue weighted by molar-refractivity contribution is -0.141. The van der Waals surface area contributed by atoms with Crippen LogP contribution in [0.3, 0.4) is 0 Å². The summed E-state index contributed by atoms with van der Waals surface area (Å²) in [7, 11) is 0. The van der Waals surface area contributed by atoms with Crippen LogP contribution in [0.1, 0.15) is 44.0 Å². The Kier molecular flexibility index (Phi) is 5.88. The van der Waals surface area contributed by atoms with E-state index >= 15 is 0 Å². The van der Waals surface area contributed by atoms with Crippen molar-refractivity contribution < 1.29 is 24.2 Å². The van der Waals surface area contributed by atoms with Crippen molar-refractivity contribution >= 4 is 12.0 Å². The van der Waals surface area contributed by atoms with Crippen molar-refractivity contribution in [1.29, 1.82) is 0 Å². The number of rotatable bonds is 6. The summed E-state index contributed by atoms with van der Waals surface area (Å²) >= 11 is 0. The number of aliphatic hydroxyl groups excluding tert-OH is 1. The predicted molar refractivity (Wildman–Crippen MR) is 77.4 cm³/mol. The van der Waals surface area contributed by atoms with Crippen molar-refractivity contribution in [3.8, 4) is 0 Å². The standard InChI is InChI=1S/C13H21N5O5/c1-7(19)10(12(20)21)16-13(22)15-6-9-17-18-11(23-9)8-4-2-3-5-14-8/h7-8,10,14,19H,2-6H2,1H3,(H,20,21)(H2,15,16,22). The molecule has 0 saturated carbocycles. The average molecular weight is 327 g/mol. The maximum atomic E-state index is 11.6. The molecule has 1 aliphatic rings. The highest BCUT2D eigenvalue weighted by molar-refractivity contribution is 5.82. The SMILES string of the molecule is CC(O)C(NC(=O)NCc1nnc(C2CCCCN2)o1)C(=O)O. The first-order chi connectivity index (χ1) is 11.0. The minimum Gasteiger partial charge on any atom is -0.480 e. The van der Waals surface area contributed by atoms with E-state index in [9.17, 15) is 14.7 Å². The second-order valence-electron chi connectivity index (χ2n) is 5.42. The van der Waals surface area contributed by atoms with Gasteiger partial charge in [-0.05, 0) is 26.3 Å². The van der Waals surface area contributed by atoms with E-state index in [0.29, 0.717) is 5.89 Å². The molecule has 3 unspecified atom stereocenters. The molecule has 10 heteroatoms. The molecule has 0 bridgehead atoms. The highest BCUT2D eigenvalue weighted by Crippen LogP contribution is 2.21. The van der Waals surface area contributed by atoms with Gasteiger partial charge in [-0.25, -0.2) is 9.59 Å². The topological polar surface area (TPSA) is 150 Å². The molecule has 23 heavy (non-hydrogen) atoms. The van der Waals surface area contributed by atoms with E-state index in [2.05, 4.69) is 26.1 Å². The molecule has 128 valence electrons. The number of aliphatic hydroxyl groups is 1. The van der Waals surface area contributed by atoms with Gasteiger partial charge in [-0.3, -0.25) is 0 Å². The third-order valence-corrected chi connectivity index (χ3v) is 3.53. The number of carbonyl (C=O) groups is 2. The molecular formula is C13H21N5O5. The maximum Gasteiger partial charge on any atom is 0.328 e. The molecule has 3 atom stereocenters. The Hall–Kier alpha value is -2.20. The summed E-state index contributed by atoms with van der Waals surface area (Å²) < 4.78 is 5.48. The summed E-state index contributed by atoms with van der Waals surface area (Å²) in [6.45, 7) is 2.15. The lowest BCUT2D eigenvalue weighted by atomic mass is 10.1. The zero-order chi connectivity index (χ0) is 16.8. The summed E-state index contributed by atoms with van der Waals surface area (Å²) in [4.78, 5) is 22.5. The van der Waals surface area contributed by atoms with Crippen LogP contribution in [-0.2, 0) is 11.3 Å². The van der Waals surface area contributed by atoms with E-state index in [1.807, 2.05) is 0 Å². The number of amides is 2. The van der Waals surface area contributed by atoms with Gasteiger partial charge in [0.25, 0.3) is 0 Å². The average Bonchev–Trinajstić information content (AvgIpc) is 3.00. The molecule has 1 aliphatic heterocycles. The van der Waals surface area contributed by atoms with Crippen molar-refractivity contribution in [1.82, 2.24) is 26.1 Å². The Bertz CT molecular complexity index is 541. The minimum atomic E-state index is -1.39. The molecule has 5 N–H and O–H groups in total. The van der Waals surface area contributed by atoms with Crippen molar-refractivity contribution in [3.63, 3.8) is 0 Å². The van der Waals surface area contributed by atoms with Crippen LogP contribution in [0.2, 0.25) is 0 Å². The summed E-state index contributed by atoms with van der Waals surface area (Å²) in [5.74, 6) is -0.612. The van der Waals surface area contributed by atoms with Gasteiger partial charge in [0.05, 0.1) is 18.7 Å². The molecule has 1 saturated heterocycles. The predicted octanol–water partition coefficient (Wildman–Crippen LogP) is -0.483. The molecule has 2 rings (SSSR count). The quantitative estimate of drug-likeness (QED) is 0.470. The number of hydrogen-bond acceptors (Lipinski definition) is 7. The first kappa shape index (κ1) is 17.2. The zero-order valence-electron chi connectivity index (χ0n) is 12.8. The van der Waals surface area contributed by atoms with E-state index in [1.165, 1.54) is 6.92 Å². The third kappa shape index (κ3) is 4.89. The molecule has 2 heterocycles. The number of hydrogen-bond donors (Lipinski definition) is 5. The van der Waals surface area contributed by atoms with Crippen LogP contribution in [0.4, 0.5) is 4.79 Å². The monoisotopic (exact) mass is 327 g/mol.